The highest BCUT2D eigenvalue weighted by molar-refractivity contribution is 5.91. The van der Waals surface area contributed by atoms with Crippen molar-refractivity contribution in [3.63, 3.8) is 0 Å². The van der Waals surface area contributed by atoms with Gasteiger partial charge >= 0.3 is 0 Å². The maximum atomic E-state index is 6.61. The van der Waals surface area contributed by atoms with Crippen LogP contribution in [0.4, 0.5) is 0 Å². The Morgan fingerprint density at radius 3 is 1.68 bits per heavy atom. The number of nitrogens with zero attached hydrogens (tertiary/aromatic N) is 3. The smallest absolute Gasteiger partial charge is 0.164 e. The molecule has 4 nitrogen and oxygen atoms in total. The third-order valence-electron chi connectivity index (χ3n) is 15.7. The summed E-state index contributed by atoms with van der Waals surface area (Å²) in [7, 11) is 0. The summed E-state index contributed by atoms with van der Waals surface area (Å²) >= 11 is 0. The van der Waals surface area contributed by atoms with E-state index in [0.717, 1.165) is 79.5 Å². The zero-order valence-electron chi connectivity index (χ0n) is 36.8. The lowest BCUT2D eigenvalue weighted by Gasteiger charge is -2.47. The van der Waals surface area contributed by atoms with Gasteiger partial charge in [-0.2, -0.15) is 0 Å². The van der Waals surface area contributed by atoms with E-state index in [-0.39, 0.29) is 0 Å². The molecule has 2 bridgehead atoms. The highest BCUT2D eigenvalue weighted by Crippen LogP contribution is 2.62. The summed E-state index contributed by atoms with van der Waals surface area (Å²) in [5.41, 5.74) is 13.4. The van der Waals surface area contributed by atoms with Gasteiger partial charge in [0.1, 0.15) is 11.5 Å². The summed E-state index contributed by atoms with van der Waals surface area (Å²) in [5.74, 6) is 7.78. The largest absolute Gasteiger partial charge is 0.457 e. The summed E-state index contributed by atoms with van der Waals surface area (Å²) in [6.45, 7) is 4.96. The summed E-state index contributed by atoms with van der Waals surface area (Å²) < 4.78 is 6.61. The molecule has 4 heteroatoms. The number of ether oxygens (including phenoxy) is 1. The van der Waals surface area contributed by atoms with Gasteiger partial charge in [-0.05, 0) is 135 Å². The molecule has 314 valence electrons. The summed E-state index contributed by atoms with van der Waals surface area (Å²) in [6.07, 6.45) is 5.34. The lowest BCUT2D eigenvalue weighted by molar-refractivity contribution is 0.0611. The van der Waals surface area contributed by atoms with Crippen LogP contribution in [0.5, 0.6) is 11.5 Å². The van der Waals surface area contributed by atoms with Crippen LogP contribution in [0.15, 0.2) is 182 Å². The van der Waals surface area contributed by atoms with E-state index in [1.54, 1.807) is 0 Å². The molecule has 8 aromatic carbocycles. The van der Waals surface area contributed by atoms with Crippen molar-refractivity contribution in [3.8, 4) is 67.9 Å². The van der Waals surface area contributed by atoms with Gasteiger partial charge in [0.25, 0.3) is 0 Å². The van der Waals surface area contributed by atoms with Gasteiger partial charge in [-0.1, -0.05) is 166 Å². The molecule has 3 aliphatic carbocycles. The number of benzene rings is 8. The number of aromatic nitrogens is 3. The summed E-state index contributed by atoms with van der Waals surface area (Å²) in [6, 6.07) is 65.9. The first-order valence-electron chi connectivity index (χ1n) is 23.6. The maximum Gasteiger partial charge on any atom is 0.164 e. The first-order chi connectivity index (χ1) is 32.0. The number of hydrogen-bond acceptors (Lipinski definition) is 4. The molecule has 1 aromatic heterocycles. The number of hydrogen-bond donors (Lipinski definition) is 0. The van der Waals surface area contributed by atoms with Crippen LogP contribution < -0.4 is 4.74 Å². The number of fused-ring (bicyclic) bond motifs is 12. The minimum atomic E-state index is -0.536. The van der Waals surface area contributed by atoms with E-state index >= 15 is 0 Å². The zero-order valence-corrected chi connectivity index (χ0v) is 36.8. The highest BCUT2D eigenvalue weighted by Gasteiger charge is 2.51. The Morgan fingerprint density at radius 2 is 0.954 bits per heavy atom. The Labute approximate surface area is 381 Å². The normalized spacial score (nSPS) is 20.9. The molecule has 0 radical (unpaired) electrons. The zero-order chi connectivity index (χ0) is 43.2. The molecule has 0 saturated heterocycles. The van der Waals surface area contributed by atoms with Crippen molar-refractivity contribution in [1.29, 1.82) is 0 Å². The van der Waals surface area contributed by atoms with Crippen LogP contribution in [0.3, 0.4) is 0 Å². The van der Waals surface area contributed by atoms with Crippen molar-refractivity contribution in [2.24, 2.45) is 23.7 Å². The fraction of sp³-hybridized carbons (Fsp3) is 0.197. The molecule has 2 saturated carbocycles. The Bertz CT molecular complexity index is 3270. The van der Waals surface area contributed by atoms with Crippen molar-refractivity contribution in [1.82, 2.24) is 15.0 Å². The molecular weight excluding hydrogens is 791 g/mol. The predicted molar refractivity (Wildman–Crippen MR) is 263 cm³/mol. The third-order valence-corrected chi connectivity index (χ3v) is 15.7. The quantitative estimate of drug-likeness (QED) is 0.173. The second-order valence-corrected chi connectivity index (χ2v) is 19.3. The molecule has 9 aromatic rings. The average molecular weight is 840 g/mol. The Kier molecular flexibility index (Phi) is 8.81. The Balaban J connectivity index is 0.919. The van der Waals surface area contributed by atoms with E-state index in [4.69, 9.17) is 19.7 Å². The van der Waals surface area contributed by atoms with Crippen LogP contribution in [-0.4, -0.2) is 15.0 Å². The lowest BCUT2D eigenvalue weighted by Crippen LogP contribution is -2.36. The minimum Gasteiger partial charge on any atom is -0.457 e. The van der Waals surface area contributed by atoms with Crippen molar-refractivity contribution >= 4 is 10.8 Å². The van der Waals surface area contributed by atoms with Crippen LogP contribution in [0, 0.1) is 23.7 Å². The van der Waals surface area contributed by atoms with Crippen molar-refractivity contribution in [2.75, 3.05) is 0 Å². The van der Waals surface area contributed by atoms with Gasteiger partial charge in [0.15, 0.2) is 17.5 Å². The van der Waals surface area contributed by atoms with E-state index in [0.29, 0.717) is 23.4 Å². The van der Waals surface area contributed by atoms with Gasteiger partial charge in [0.05, 0.1) is 5.41 Å². The third kappa shape index (κ3) is 6.14. The number of para-hydroxylation sites is 2. The first kappa shape index (κ1) is 38.3. The second kappa shape index (κ2) is 15.0. The topological polar surface area (TPSA) is 47.9 Å². The monoisotopic (exact) mass is 839 g/mol. The van der Waals surface area contributed by atoms with E-state index in [1.165, 1.54) is 58.9 Å². The number of rotatable bonds is 5. The molecule has 0 N–H and O–H groups in total. The SMILES string of the molecule is C[C@@H]1CC2CC(c3ccc(-c4nc(-c5cccc(-c6ccc7c(c6)C6(c8ccccc8Oc8ccccc86)c6ccccc6-7)c5)nc(-c5ccc6ccccc6c5)n4)cc3)C[C@@H](C1)[C@@H]2C. The molecule has 5 atom stereocenters. The molecule has 4 aliphatic rings. The molecule has 2 unspecified atom stereocenters. The maximum absolute atomic E-state index is 6.61. The predicted octanol–water partition coefficient (Wildman–Crippen LogP) is 15.3. The van der Waals surface area contributed by atoms with E-state index in [2.05, 4.69) is 196 Å². The highest BCUT2D eigenvalue weighted by atomic mass is 16.5. The van der Waals surface area contributed by atoms with Crippen LogP contribution in [0.25, 0.3) is 67.2 Å². The molecule has 0 amide bonds. The Morgan fingerprint density at radius 1 is 0.415 bits per heavy atom. The van der Waals surface area contributed by atoms with Crippen LogP contribution in [0.2, 0.25) is 0 Å². The summed E-state index contributed by atoms with van der Waals surface area (Å²) in [5, 5.41) is 2.35. The van der Waals surface area contributed by atoms with E-state index < -0.39 is 5.41 Å². The van der Waals surface area contributed by atoms with Crippen molar-refractivity contribution < 1.29 is 4.74 Å². The fourth-order valence-corrected chi connectivity index (χ4v) is 12.5. The van der Waals surface area contributed by atoms with Crippen LogP contribution in [0.1, 0.15) is 73.3 Å². The van der Waals surface area contributed by atoms with Crippen LogP contribution in [-0.2, 0) is 5.41 Å². The molecule has 65 heavy (non-hydrogen) atoms. The first-order valence-corrected chi connectivity index (χ1v) is 23.6. The van der Waals surface area contributed by atoms with Gasteiger partial charge in [0, 0.05) is 27.8 Å². The Hall–Kier alpha value is -7.17. The van der Waals surface area contributed by atoms with Crippen molar-refractivity contribution in [3.05, 3.63) is 210 Å². The second-order valence-electron chi connectivity index (χ2n) is 19.3. The molecule has 2 fully saturated rings. The van der Waals surface area contributed by atoms with Gasteiger partial charge < -0.3 is 4.74 Å². The van der Waals surface area contributed by atoms with Gasteiger partial charge in [0.2, 0.25) is 0 Å². The standard InChI is InChI=1S/C61H49N3O/c1-37-30-47-34-49(35-48(31-37)38(47)2)40-22-25-41(26-23-40)58-62-59(64-60(63-58)46-27-24-39-12-3-4-13-42(39)32-46)45-15-11-14-43(33-45)44-28-29-51-50-16-5-6-17-52(50)61(55(51)36-44)53-18-7-9-20-56(53)65-57-21-10-8-19-54(57)61/h3-29,32-33,36-38,47-49H,30-31,34-35H2,1-2H3/t37-,38-,47+,48?,49?/m0/s1. The fourth-order valence-electron chi connectivity index (χ4n) is 12.5. The van der Waals surface area contributed by atoms with E-state index in [1.807, 2.05) is 0 Å². The molecule has 1 aliphatic heterocycles. The van der Waals surface area contributed by atoms with Gasteiger partial charge in [-0.3, -0.25) is 0 Å². The van der Waals surface area contributed by atoms with Gasteiger partial charge in [-0.25, -0.2) is 15.0 Å². The van der Waals surface area contributed by atoms with E-state index in [9.17, 15) is 0 Å². The molecule has 13 rings (SSSR count). The molecule has 2 heterocycles. The molecule has 1 spiro atoms. The minimum absolute atomic E-state index is 0.536. The summed E-state index contributed by atoms with van der Waals surface area (Å²) in [4.78, 5) is 15.7. The van der Waals surface area contributed by atoms with Gasteiger partial charge in [-0.15, -0.1) is 0 Å². The van der Waals surface area contributed by atoms with Crippen molar-refractivity contribution in [2.45, 2.75) is 50.9 Å². The average Bonchev–Trinajstić information content (AvgIpc) is 3.64. The molecular formula is C61H49N3O. The lowest BCUT2D eigenvalue weighted by atomic mass is 9.59. The van der Waals surface area contributed by atoms with Crippen LogP contribution >= 0.6 is 0 Å².